The summed E-state index contributed by atoms with van der Waals surface area (Å²) in [6.07, 6.45) is 5.05. The maximum Gasteiger partial charge on any atom is 0.122 e. The molecular formula is C16H26N2O. The van der Waals surface area contributed by atoms with Crippen molar-refractivity contribution < 1.29 is 4.74 Å². The number of hydrogen-bond donors (Lipinski definition) is 2. The third-order valence-corrected chi connectivity index (χ3v) is 3.89. The Balaban J connectivity index is 1.61. The summed E-state index contributed by atoms with van der Waals surface area (Å²) in [4.78, 5) is 0. The van der Waals surface area contributed by atoms with Crippen LogP contribution in [-0.2, 0) is 6.42 Å². The molecule has 2 N–H and O–H groups in total. The lowest BCUT2D eigenvalue weighted by Gasteiger charge is -2.22. The molecule has 0 bridgehead atoms. The van der Waals surface area contributed by atoms with Crippen LogP contribution in [-0.4, -0.2) is 33.3 Å². The van der Waals surface area contributed by atoms with E-state index in [4.69, 9.17) is 4.74 Å². The van der Waals surface area contributed by atoms with Crippen LogP contribution in [0.1, 0.15) is 24.8 Å². The summed E-state index contributed by atoms with van der Waals surface area (Å²) in [6.45, 7) is 4.56. The van der Waals surface area contributed by atoms with Crippen LogP contribution in [0.2, 0.25) is 0 Å². The molecule has 0 saturated carbocycles. The molecule has 1 aromatic carbocycles. The summed E-state index contributed by atoms with van der Waals surface area (Å²) in [6, 6.07) is 8.27. The molecule has 1 aliphatic rings. The van der Waals surface area contributed by atoms with Crippen molar-refractivity contribution in [2.75, 3.05) is 33.3 Å². The van der Waals surface area contributed by atoms with Crippen molar-refractivity contribution >= 4 is 0 Å². The molecule has 106 valence electrons. The first kappa shape index (κ1) is 14.4. The predicted octanol–water partition coefficient (Wildman–Crippen LogP) is 2.22. The third-order valence-electron chi connectivity index (χ3n) is 3.89. The number of ether oxygens (including phenoxy) is 1. The van der Waals surface area contributed by atoms with E-state index in [-0.39, 0.29) is 0 Å². The van der Waals surface area contributed by atoms with Gasteiger partial charge in [0.05, 0.1) is 7.11 Å². The van der Waals surface area contributed by atoms with Gasteiger partial charge in [-0.05, 0) is 69.4 Å². The maximum absolute atomic E-state index is 5.36. The van der Waals surface area contributed by atoms with Gasteiger partial charge in [-0.1, -0.05) is 18.2 Å². The van der Waals surface area contributed by atoms with Gasteiger partial charge in [-0.25, -0.2) is 0 Å². The van der Waals surface area contributed by atoms with Gasteiger partial charge in [0, 0.05) is 0 Å². The number of methoxy groups -OCH3 is 1. The Kier molecular flexibility index (Phi) is 6.18. The van der Waals surface area contributed by atoms with Gasteiger partial charge in [-0.2, -0.15) is 0 Å². The van der Waals surface area contributed by atoms with Crippen molar-refractivity contribution in [1.82, 2.24) is 10.6 Å². The molecular weight excluding hydrogens is 236 g/mol. The Morgan fingerprint density at radius 2 is 2.21 bits per heavy atom. The third kappa shape index (κ3) is 4.84. The standard InChI is InChI=1S/C16H26N2O/c1-19-16-7-3-2-6-15(16)9-12-17-11-8-14-5-4-10-18-13-14/h2-3,6-7,14,17-18H,4-5,8-13H2,1H3. The lowest BCUT2D eigenvalue weighted by atomic mass is 9.96. The Hall–Kier alpha value is -1.06. The van der Waals surface area contributed by atoms with Crippen molar-refractivity contribution in [1.29, 1.82) is 0 Å². The minimum absolute atomic E-state index is 0.868. The van der Waals surface area contributed by atoms with Crippen LogP contribution in [0.3, 0.4) is 0 Å². The smallest absolute Gasteiger partial charge is 0.122 e. The van der Waals surface area contributed by atoms with E-state index in [1.807, 2.05) is 12.1 Å². The first-order chi connectivity index (χ1) is 9.40. The molecule has 0 spiro atoms. The van der Waals surface area contributed by atoms with Gasteiger partial charge in [0.2, 0.25) is 0 Å². The van der Waals surface area contributed by atoms with Crippen LogP contribution < -0.4 is 15.4 Å². The Labute approximate surface area is 116 Å². The molecule has 1 fully saturated rings. The second kappa shape index (κ2) is 8.18. The van der Waals surface area contributed by atoms with Gasteiger partial charge in [-0.3, -0.25) is 0 Å². The summed E-state index contributed by atoms with van der Waals surface area (Å²) < 4.78 is 5.36. The number of rotatable bonds is 7. The highest BCUT2D eigenvalue weighted by molar-refractivity contribution is 5.33. The average Bonchev–Trinajstić information content (AvgIpc) is 2.48. The monoisotopic (exact) mass is 262 g/mol. The van der Waals surface area contributed by atoms with Gasteiger partial charge in [0.25, 0.3) is 0 Å². The maximum atomic E-state index is 5.36. The number of para-hydroxylation sites is 1. The van der Waals surface area contributed by atoms with Crippen molar-refractivity contribution in [2.24, 2.45) is 5.92 Å². The molecule has 1 aliphatic heterocycles. The highest BCUT2D eigenvalue weighted by Crippen LogP contribution is 2.17. The van der Waals surface area contributed by atoms with Crippen molar-refractivity contribution in [2.45, 2.75) is 25.7 Å². The molecule has 0 aliphatic carbocycles. The molecule has 19 heavy (non-hydrogen) atoms. The summed E-state index contributed by atoms with van der Waals surface area (Å²) in [5, 5.41) is 7.02. The molecule has 0 radical (unpaired) electrons. The van der Waals surface area contributed by atoms with E-state index in [1.165, 1.54) is 37.9 Å². The highest BCUT2D eigenvalue weighted by atomic mass is 16.5. The first-order valence-corrected chi connectivity index (χ1v) is 7.43. The average molecular weight is 262 g/mol. The minimum atomic E-state index is 0.868. The van der Waals surface area contributed by atoms with Gasteiger partial charge < -0.3 is 15.4 Å². The Morgan fingerprint density at radius 1 is 1.32 bits per heavy atom. The fraction of sp³-hybridized carbons (Fsp3) is 0.625. The van der Waals surface area contributed by atoms with Gasteiger partial charge in [0.15, 0.2) is 0 Å². The van der Waals surface area contributed by atoms with Crippen LogP contribution in [0.4, 0.5) is 0 Å². The normalized spacial score (nSPS) is 19.3. The molecule has 0 aromatic heterocycles. The van der Waals surface area contributed by atoms with Crippen LogP contribution >= 0.6 is 0 Å². The summed E-state index contributed by atoms with van der Waals surface area (Å²) in [5.41, 5.74) is 1.29. The fourth-order valence-corrected chi connectivity index (χ4v) is 2.73. The lowest BCUT2D eigenvalue weighted by molar-refractivity contribution is 0.352. The van der Waals surface area contributed by atoms with E-state index in [1.54, 1.807) is 7.11 Å². The van der Waals surface area contributed by atoms with Crippen LogP contribution in [0.15, 0.2) is 24.3 Å². The molecule has 2 rings (SSSR count). The second-order valence-electron chi connectivity index (χ2n) is 5.31. The largest absolute Gasteiger partial charge is 0.496 e. The van der Waals surface area contributed by atoms with Crippen molar-refractivity contribution in [3.05, 3.63) is 29.8 Å². The van der Waals surface area contributed by atoms with Crippen molar-refractivity contribution in [3.8, 4) is 5.75 Å². The zero-order valence-electron chi connectivity index (χ0n) is 12.0. The van der Waals surface area contributed by atoms with Gasteiger partial charge >= 0.3 is 0 Å². The number of hydrogen-bond acceptors (Lipinski definition) is 3. The predicted molar refractivity (Wildman–Crippen MR) is 79.8 cm³/mol. The van der Waals surface area contributed by atoms with Crippen LogP contribution in [0.5, 0.6) is 5.75 Å². The number of benzene rings is 1. The van der Waals surface area contributed by atoms with E-state index in [0.29, 0.717) is 0 Å². The molecule has 1 heterocycles. The fourth-order valence-electron chi connectivity index (χ4n) is 2.73. The van der Waals surface area contributed by atoms with E-state index in [0.717, 1.165) is 31.2 Å². The van der Waals surface area contributed by atoms with E-state index < -0.39 is 0 Å². The topological polar surface area (TPSA) is 33.3 Å². The van der Waals surface area contributed by atoms with Crippen LogP contribution in [0.25, 0.3) is 0 Å². The van der Waals surface area contributed by atoms with Crippen molar-refractivity contribution in [3.63, 3.8) is 0 Å². The minimum Gasteiger partial charge on any atom is -0.496 e. The van der Waals surface area contributed by atoms with Gasteiger partial charge in [-0.15, -0.1) is 0 Å². The Morgan fingerprint density at radius 3 is 3.00 bits per heavy atom. The van der Waals surface area contributed by atoms with Crippen LogP contribution in [0, 0.1) is 5.92 Å². The van der Waals surface area contributed by atoms with E-state index >= 15 is 0 Å². The van der Waals surface area contributed by atoms with E-state index in [9.17, 15) is 0 Å². The lowest BCUT2D eigenvalue weighted by Crippen LogP contribution is -2.32. The SMILES string of the molecule is COc1ccccc1CCNCCC1CCCNC1. The molecule has 0 amide bonds. The highest BCUT2D eigenvalue weighted by Gasteiger charge is 2.11. The van der Waals surface area contributed by atoms with Gasteiger partial charge in [0.1, 0.15) is 5.75 Å². The van der Waals surface area contributed by atoms with E-state index in [2.05, 4.69) is 22.8 Å². The number of piperidine rings is 1. The zero-order valence-corrected chi connectivity index (χ0v) is 12.0. The second-order valence-corrected chi connectivity index (χ2v) is 5.31. The molecule has 3 nitrogen and oxygen atoms in total. The zero-order chi connectivity index (χ0) is 13.3. The number of nitrogens with one attached hydrogen (secondary N) is 2. The molecule has 3 heteroatoms. The summed E-state index contributed by atoms with van der Waals surface area (Å²) >= 11 is 0. The Bertz CT molecular complexity index is 362. The molecule has 1 atom stereocenters. The quantitative estimate of drug-likeness (QED) is 0.739. The first-order valence-electron chi connectivity index (χ1n) is 7.43. The molecule has 1 unspecified atom stereocenters. The molecule has 1 saturated heterocycles. The summed E-state index contributed by atoms with van der Waals surface area (Å²) in [7, 11) is 1.74. The molecule has 1 aromatic rings. The summed E-state index contributed by atoms with van der Waals surface area (Å²) in [5.74, 6) is 1.87.